The Bertz CT molecular complexity index is 1350. The quantitative estimate of drug-likeness (QED) is 0.506. The predicted octanol–water partition coefficient (Wildman–Crippen LogP) is 4.47. The molecule has 8 heteroatoms. The lowest BCUT2D eigenvalue weighted by Crippen LogP contribution is -2.49. The zero-order chi connectivity index (χ0) is 25.0. The van der Waals surface area contributed by atoms with E-state index < -0.39 is 10.0 Å². The van der Waals surface area contributed by atoms with Gasteiger partial charge in [0.15, 0.2) is 0 Å². The number of amides is 2. The highest BCUT2D eigenvalue weighted by atomic mass is 32.2. The summed E-state index contributed by atoms with van der Waals surface area (Å²) in [5.41, 5.74) is 1.91. The summed E-state index contributed by atoms with van der Waals surface area (Å²) in [6, 6.07) is 17.1. The monoisotopic (exact) mass is 493 g/mol. The molecular weight excluding hydrogens is 462 g/mol. The number of sulfonamides is 1. The molecule has 1 aliphatic rings. The lowest BCUT2D eigenvalue weighted by atomic mass is 10.1. The van der Waals surface area contributed by atoms with Crippen LogP contribution in [-0.2, 0) is 14.8 Å². The van der Waals surface area contributed by atoms with Crippen LogP contribution in [0.1, 0.15) is 48.5 Å². The number of rotatable bonds is 7. The van der Waals surface area contributed by atoms with Crippen LogP contribution in [0, 0.1) is 6.92 Å². The Morgan fingerprint density at radius 1 is 0.971 bits per heavy atom. The van der Waals surface area contributed by atoms with Gasteiger partial charge in [0.1, 0.15) is 0 Å². The number of piperidine rings is 1. The average molecular weight is 494 g/mol. The van der Waals surface area contributed by atoms with Gasteiger partial charge < -0.3 is 10.6 Å². The van der Waals surface area contributed by atoms with E-state index in [-0.39, 0.29) is 29.2 Å². The van der Waals surface area contributed by atoms with Crippen molar-refractivity contribution < 1.29 is 18.0 Å². The SMILES string of the molecule is CCCC(=O)N(C1CCNCC1)S(=O)(=O)c1ccc(NC(=O)c2ccccc2C)c2ccccc12. The molecule has 0 aromatic heterocycles. The minimum Gasteiger partial charge on any atom is -0.321 e. The highest BCUT2D eigenvalue weighted by Gasteiger charge is 2.36. The van der Waals surface area contributed by atoms with Crippen molar-refractivity contribution in [2.75, 3.05) is 18.4 Å². The average Bonchev–Trinajstić information content (AvgIpc) is 2.85. The molecule has 0 saturated carbocycles. The zero-order valence-corrected chi connectivity index (χ0v) is 20.9. The predicted molar refractivity (Wildman–Crippen MR) is 138 cm³/mol. The molecule has 0 bridgehead atoms. The maximum atomic E-state index is 14.0. The molecule has 0 aliphatic carbocycles. The summed E-state index contributed by atoms with van der Waals surface area (Å²) >= 11 is 0. The van der Waals surface area contributed by atoms with Crippen molar-refractivity contribution in [3.05, 3.63) is 71.8 Å². The van der Waals surface area contributed by atoms with Crippen molar-refractivity contribution >= 4 is 38.3 Å². The van der Waals surface area contributed by atoms with Gasteiger partial charge in [-0.25, -0.2) is 12.7 Å². The first-order chi connectivity index (χ1) is 16.8. The number of benzene rings is 3. The van der Waals surface area contributed by atoms with Gasteiger partial charge in [0.05, 0.1) is 10.9 Å². The molecule has 1 aliphatic heterocycles. The number of anilines is 1. The lowest BCUT2D eigenvalue weighted by molar-refractivity contribution is -0.128. The summed E-state index contributed by atoms with van der Waals surface area (Å²) in [6.07, 6.45) is 1.90. The fourth-order valence-electron chi connectivity index (χ4n) is 4.63. The fraction of sp³-hybridized carbons (Fsp3) is 0.333. The summed E-state index contributed by atoms with van der Waals surface area (Å²) in [7, 11) is -4.11. The van der Waals surface area contributed by atoms with Gasteiger partial charge in [-0.15, -0.1) is 0 Å². The fourth-order valence-corrected chi connectivity index (χ4v) is 6.50. The third-order valence-electron chi connectivity index (χ3n) is 6.41. The van der Waals surface area contributed by atoms with E-state index in [9.17, 15) is 18.0 Å². The van der Waals surface area contributed by atoms with Gasteiger partial charge in [-0.05, 0) is 63.0 Å². The molecule has 3 aromatic carbocycles. The Labute approximate surface area is 206 Å². The molecule has 1 saturated heterocycles. The maximum absolute atomic E-state index is 14.0. The molecular formula is C27H31N3O4S. The van der Waals surface area contributed by atoms with Gasteiger partial charge in [-0.1, -0.05) is 49.4 Å². The Morgan fingerprint density at radius 3 is 2.31 bits per heavy atom. The van der Waals surface area contributed by atoms with Crippen LogP contribution in [-0.4, -0.2) is 43.7 Å². The summed E-state index contributed by atoms with van der Waals surface area (Å²) < 4.78 is 29.0. The minimum absolute atomic E-state index is 0.0741. The number of hydrogen-bond acceptors (Lipinski definition) is 5. The Morgan fingerprint density at radius 2 is 1.63 bits per heavy atom. The molecule has 2 amide bonds. The second-order valence-electron chi connectivity index (χ2n) is 8.85. The smallest absolute Gasteiger partial charge is 0.267 e. The number of nitrogens with one attached hydrogen (secondary N) is 2. The molecule has 184 valence electrons. The van der Waals surface area contributed by atoms with E-state index in [1.165, 1.54) is 6.07 Å². The van der Waals surface area contributed by atoms with Gasteiger partial charge >= 0.3 is 0 Å². The highest BCUT2D eigenvalue weighted by molar-refractivity contribution is 7.90. The number of carbonyl (C=O) groups is 2. The molecule has 1 fully saturated rings. The third-order valence-corrected chi connectivity index (χ3v) is 8.34. The first-order valence-electron chi connectivity index (χ1n) is 12.0. The van der Waals surface area contributed by atoms with E-state index in [0.717, 1.165) is 9.87 Å². The Kier molecular flexibility index (Phi) is 7.52. The Balaban J connectivity index is 1.77. The zero-order valence-electron chi connectivity index (χ0n) is 20.1. The summed E-state index contributed by atoms with van der Waals surface area (Å²) in [6.45, 7) is 5.07. The van der Waals surface area contributed by atoms with Crippen molar-refractivity contribution in [3.8, 4) is 0 Å². The topological polar surface area (TPSA) is 95.6 Å². The van der Waals surface area contributed by atoms with Gasteiger partial charge in [0, 0.05) is 28.4 Å². The molecule has 7 nitrogen and oxygen atoms in total. The van der Waals surface area contributed by atoms with Gasteiger partial charge in [-0.3, -0.25) is 9.59 Å². The molecule has 4 rings (SSSR count). The van der Waals surface area contributed by atoms with Crippen LogP contribution in [0.4, 0.5) is 5.69 Å². The van der Waals surface area contributed by atoms with Gasteiger partial charge in [0.25, 0.3) is 15.9 Å². The van der Waals surface area contributed by atoms with Crippen molar-refractivity contribution in [1.82, 2.24) is 9.62 Å². The van der Waals surface area contributed by atoms with Crippen LogP contribution in [0.5, 0.6) is 0 Å². The van der Waals surface area contributed by atoms with E-state index in [0.29, 0.717) is 54.4 Å². The number of carbonyl (C=O) groups excluding carboxylic acids is 2. The van der Waals surface area contributed by atoms with Crippen molar-refractivity contribution in [2.24, 2.45) is 0 Å². The molecule has 0 spiro atoms. The van der Waals surface area contributed by atoms with Gasteiger partial charge in [-0.2, -0.15) is 0 Å². The standard InChI is InChI=1S/C27H31N3O4S/c1-3-8-26(31)30(20-15-17-28-18-16-20)35(33,34)25-14-13-24(22-11-6-7-12-23(22)25)29-27(32)21-10-5-4-9-19(21)2/h4-7,9-14,20,28H,3,8,15-18H2,1-2H3,(H,29,32). The summed E-state index contributed by atoms with van der Waals surface area (Å²) in [5, 5.41) is 7.24. The van der Waals surface area contributed by atoms with Crippen LogP contribution in [0.2, 0.25) is 0 Å². The van der Waals surface area contributed by atoms with Crippen LogP contribution < -0.4 is 10.6 Å². The molecule has 0 unspecified atom stereocenters. The van der Waals surface area contributed by atoms with Crippen molar-refractivity contribution in [2.45, 2.75) is 50.5 Å². The molecule has 3 aromatic rings. The number of fused-ring (bicyclic) bond motifs is 1. The van der Waals surface area contributed by atoms with E-state index >= 15 is 0 Å². The first kappa shape index (κ1) is 24.9. The molecule has 35 heavy (non-hydrogen) atoms. The van der Waals surface area contributed by atoms with Crippen LogP contribution >= 0.6 is 0 Å². The second-order valence-corrected chi connectivity index (χ2v) is 10.6. The van der Waals surface area contributed by atoms with Crippen molar-refractivity contribution in [3.63, 3.8) is 0 Å². The number of aryl methyl sites for hydroxylation is 1. The third kappa shape index (κ3) is 5.09. The van der Waals surface area contributed by atoms with E-state index in [1.54, 1.807) is 42.5 Å². The maximum Gasteiger partial charge on any atom is 0.267 e. The second kappa shape index (κ2) is 10.6. The summed E-state index contributed by atoms with van der Waals surface area (Å²) in [4.78, 5) is 26.1. The minimum atomic E-state index is -4.11. The molecule has 1 heterocycles. The van der Waals surface area contributed by atoms with Crippen LogP contribution in [0.15, 0.2) is 65.6 Å². The molecule has 0 radical (unpaired) electrons. The first-order valence-corrected chi connectivity index (χ1v) is 13.4. The number of nitrogens with zero attached hydrogens (tertiary/aromatic N) is 1. The summed E-state index contributed by atoms with van der Waals surface area (Å²) in [5.74, 6) is -0.640. The molecule has 2 N–H and O–H groups in total. The lowest BCUT2D eigenvalue weighted by Gasteiger charge is -2.34. The van der Waals surface area contributed by atoms with E-state index in [2.05, 4.69) is 10.6 Å². The van der Waals surface area contributed by atoms with Crippen LogP contribution in [0.3, 0.4) is 0 Å². The highest BCUT2D eigenvalue weighted by Crippen LogP contribution is 2.33. The number of hydrogen-bond donors (Lipinski definition) is 2. The van der Waals surface area contributed by atoms with E-state index in [4.69, 9.17) is 0 Å². The largest absolute Gasteiger partial charge is 0.321 e. The normalized spacial score (nSPS) is 14.6. The van der Waals surface area contributed by atoms with Crippen LogP contribution in [0.25, 0.3) is 10.8 Å². The van der Waals surface area contributed by atoms with Crippen molar-refractivity contribution in [1.29, 1.82) is 0 Å². The van der Waals surface area contributed by atoms with E-state index in [1.807, 2.05) is 26.0 Å². The van der Waals surface area contributed by atoms with Gasteiger partial charge in [0.2, 0.25) is 5.91 Å². The Hall–Kier alpha value is -3.23. The molecule has 0 atom stereocenters.